The normalized spacial score (nSPS) is 19.4. The number of aliphatic imine (C=N–C) groups is 1. The van der Waals surface area contributed by atoms with Crippen molar-refractivity contribution >= 4 is 40.9 Å². The molecular weight excluding hydrogens is 505 g/mol. The number of ether oxygens (including phenoxy) is 4. The summed E-state index contributed by atoms with van der Waals surface area (Å²) in [5.74, 6) is -3.19. The SMILES string of the molecule is COC(=O)C1C(C(C)OC)=NC(C(C)OC)=C(C(=O)OCc2ccccc2)C1c1cccc(Cl)c1Cl. The van der Waals surface area contributed by atoms with Crippen molar-refractivity contribution in [2.24, 2.45) is 10.9 Å². The molecular formula is C27H29Cl2NO6. The topological polar surface area (TPSA) is 83.4 Å². The number of halogens is 2. The van der Waals surface area contributed by atoms with Crippen LogP contribution in [-0.4, -0.2) is 51.2 Å². The second-order valence-corrected chi connectivity index (χ2v) is 9.06. The number of methoxy groups -OCH3 is 3. The maximum Gasteiger partial charge on any atom is 0.336 e. The molecule has 0 N–H and O–H groups in total. The highest BCUT2D eigenvalue weighted by Crippen LogP contribution is 2.45. The zero-order chi connectivity index (χ0) is 26.4. The molecule has 0 amide bonds. The monoisotopic (exact) mass is 533 g/mol. The molecule has 7 nitrogen and oxygen atoms in total. The Morgan fingerprint density at radius 2 is 1.61 bits per heavy atom. The summed E-state index contributed by atoms with van der Waals surface area (Å²) in [6.07, 6.45) is -1.18. The highest BCUT2D eigenvalue weighted by atomic mass is 35.5. The van der Waals surface area contributed by atoms with Gasteiger partial charge in [-0.3, -0.25) is 9.79 Å². The van der Waals surface area contributed by atoms with E-state index in [4.69, 9.17) is 47.1 Å². The highest BCUT2D eigenvalue weighted by molar-refractivity contribution is 6.42. The van der Waals surface area contributed by atoms with Crippen LogP contribution in [0.4, 0.5) is 0 Å². The smallest absolute Gasteiger partial charge is 0.336 e. The molecule has 192 valence electrons. The standard InChI is InChI=1S/C27H29Cl2NO6/c1-15(33-3)24-21(26(31)35-5)20(18-12-9-13-19(28)23(18)29)22(25(30-24)16(2)34-4)27(32)36-14-17-10-7-6-8-11-17/h6-13,15-16,20-21H,14H2,1-5H3. The maximum absolute atomic E-state index is 13.7. The summed E-state index contributed by atoms with van der Waals surface area (Å²) in [4.78, 5) is 31.7. The van der Waals surface area contributed by atoms with E-state index in [1.54, 1.807) is 32.0 Å². The molecule has 0 bridgehead atoms. The maximum atomic E-state index is 13.7. The summed E-state index contributed by atoms with van der Waals surface area (Å²) in [5, 5.41) is 0.488. The lowest BCUT2D eigenvalue weighted by atomic mass is 9.73. The van der Waals surface area contributed by atoms with E-state index in [-0.39, 0.29) is 22.2 Å². The van der Waals surface area contributed by atoms with Crippen LogP contribution >= 0.6 is 23.2 Å². The van der Waals surface area contributed by atoms with Crippen LogP contribution in [0.3, 0.4) is 0 Å². The second-order valence-electron chi connectivity index (χ2n) is 8.27. The van der Waals surface area contributed by atoms with Crippen LogP contribution in [0.15, 0.2) is 64.8 Å². The molecule has 3 rings (SSSR count). The molecule has 0 fully saturated rings. The fraction of sp³-hybridized carbons (Fsp3) is 0.370. The van der Waals surface area contributed by atoms with Gasteiger partial charge in [0.15, 0.2) is 0 Å². The fourth-order valence-corrected chi connectivity index (χ4v) is 4.59. The third-order valence-corrected chi connectivity index (χ3v) is 7.04. The van der Waals surface area contributed by atoms with Gasteiger partial charge in [-0.2, -0.15) is 0 Å². The molecule has 0 radical (unpaired) electrons. The molecule has 36 heavy (non-hydrogen) atoms. The average molecular weight is 534 g/mol. The first-order valence-electron chi connectivity index (χ1n) is 11.4. The van der Waals surface area contributed by atoms with E-state index < -0.39 is 36.0 Å². The first-order chi connectivity index (χ1) is 17.2. The van der Waals surface area contributed by atoms with Crippen molar-refractivity contribution in [2.75, 3.05) is 21.3 Å². The van der Waals surface area contributed by atoms with Crippen molar-refractivity contribution < 1.29 is 28.5 Å². The molecule has 1 heterocycles. The Bertz CT molecular complexity index is 1160. The minimum Gasteiger partial charge on any atom is -0.468 e. The van der Waals surface area contributed by atoms with Crippen LogP contribution in [0.2, 0.25) is 10.0 Å². The predicted molar refractivity (Wildman–Crippen MR) is 138 cm³/mol. The summed E-state index contributed by atoms with van der Waals surface area (Å²) in [5.41, 5.74) is 2.11. The summed E-state index contributed by atoms with van der Waals surface area (Å²) in [6, 6.07) is 14.3. The lowest BCUT2D eigenvalue weighted by molar-refractivity contribution is -0.144. The number of nitrogens with zero attached hydrogens (tertiary/aromatic N) is 1. The number of carbonyl (C=O) groups is 2. The van der Waals surface area contributed by atoms with E-state index in [9.17, 15) is 9.59 Å². The van der Waals surface area contributed by atoms with Gasteiger partial charge in [0, 0.05) is 20.1 Å². The van der Waals surface area contributed by atoms with E-state index in [1.165, 1.54) is 21.3 Å². The minimum atomic E-state index is -1.02. The molecule has 2 aromatic carbocycles. The number of carbonyl (C=O) groups excluding carboxylic acids is 2. The third kappa shape index (κ3) is 5.81. The van der Waals surface area contributed by atoms with Crippen LogP contribution in [0.1, 0.15) is 30.9 Å². The van der Waals surface area contributed by atoms with E-state index in [2.05, 4.69) is 0 Å². The number of hydrogen-bond donors (Lipinski definition) is 0. The number of hydrogen-bond acceptors (Lipinski definition) is 7. The number of esters is 2. The Balaban J connectivity index is 2.27. The van der Waals surface area contributed by atoms with Gasteiger partial charge in [-0.1, -0.05) is 65.7 Å². The molecule has 4 unspecified atom stereocenters. The van der Waals surface area contributed by atoms with Crippen molar-refractivity contribution in [3.63, 3.8) is 0 Å². The van der Waals surface area contributed by atoms with Gasteiger partial charge in [0.1, 0.15) is 12.5 Å². The van der Waals surface area contributed by atoms with Crippen molar-refractivity contribution in [3.8, 4) is 0 Å². The Hall–Kier alpha value is -2.71. The second kappa shape index (κ2) is 12.5. The van der Waals surface area contributed by atoms with Crippen LogP contribution in [0.5, 0.6) is 0 Å². The molecule has 1 aliphatic rings. The van der Waals surface area contributed by atoms with Crippen LogP contribution < -0.4 is 0 Å². The van der Waals surface area contributed by atoms with Crippen LogP contribution in [-0.2, 0) is 35.1 Å². The molecule has 0 saturated carbocycles. The highest BCUT2D eigenvalue weighted by Gasteiger charge is 2.47. The largest absolute Gasteiger partial charge is 0.468 e. The lowest BCUT2D eigenvalue weighted by Crippen LogP contribution is -2.43. The molecule has 0 saturated heterocycles. The quantitative estimate of drug-likeness (QED) is 0.402. The first-order valence-corrected chi connectivity index (χ1v) is 12.1. The first kappa shape index (κ1) is 27.9. The molecule has 1 aliphatic heterocycles. The molecule has 0 aromatic heterocycles. The number of benzene rings is 2. The minimum absolute atomic E-state index is 0.0295. The Morgan fingerprint density at radius 3 is 2.22 bits per heavy atom. The zero-order valence-electron chi connectivity index (χ0n) is 20.8. The summed E-state index contributed by atoms with van der Waals surface area (Å²) < 4.78 is 22.0. The number of rotatable bonds is 9. The van der Waals surface area contributed by atoms with E-state index in [0.29, 0.717) is 17.0 Å². The Labute approximate surface area is 221 Å². The zero-order valence-corrected chi connectivity index (χ0v) is 22.3. The van der Waals surface area contributed by atoms with Gasteiger partial charge in [0.2, 0.25) is 0 Å². The average Bonchev–Trinajstić information content (AvgIpc) is 2.91. The van der Waals surface area contributed by atoms with Gasteiger partial charge in [-0.25, -0.2) is 4.79 Å². The van der Waals surface area contributed by atoms with Gasteiger partial charge >= 0.3 is 11.9 Å². The van der Waals surface area contributed by atoms with Crippen molar-refractivity contribution in [1.82, 2.24) is 0 Å². The van der Waals surface area contributed by atoms with E-state index in [0.717, 1.165) is 5.56 Å². The van der Waals surface area contributed by atoms with Gasteiger partial charge in [-0.15, -0.1) is 0 Å². The summed E-state index contributed by atoms with van der Waals surface area (Å²) >= 11 is 13.0. The van der Waals surface area contributed by atoms with E-state index in [1.807, 2.05) is 30.3 Å². The lowest BCUT2D eigenvalue weighted by Gasteiger charge is -2.36. The van der Waals surface area contributed by atoms with E-state index >= 15 is 0 Å². The third-order valence-electron chi connectivity index (χ3n) is 6.20. The van der Waals surface area contributed by atoms with Gasteiger partial charge in [0.25, 0.3) is 0 Å². The Morgan fingerprint density at radius 1 is 0.944 bits per heavy atom. The molecule has 4 atom stereocenters. The van der Waals surface area contributed by atoms with Crippen molar-refractivity contribution in [1.29, 1.82) is 0 Å². The van der Waals surface area contributed by atoms with Gasteiger partial charge in [-0.05, 0) is 31.0 Å². The molecule has 2 aromatic rings. The summed E-state index contributed by atoms with van der Waals surface area (Å²) in [6.45, 7) is 3.55. The Kier molecular flexibility index (Phi) is 9.68. The van der Waals surface area contributed by atoms with Crippen molar-refractivity contribution in [2.45, 2.75) is 38.6 Å². The van der Waals surface area contributed by atoms with Gasteiger partial charge < -0.3 is 18.9 Å². The fourth-order valence-electron chi connectivity index (χ4n) is 4.16. The van der Waals surface area contributed by atoms with Crippen LogP contribution in [0.25, 0.3) is 0 Å². The predicted octanol–water partition coefficient (Wildman–Crippen LogP) is 5.39. The molecule has 9 heteroatoms. The van der Waals surface area contributed by atoms with Gasteiger partial charge in [0.05, 0.1) is 46.3 Å². The van der Waals surface area contributed by atoms with Crippen LogP contribution in [0, 0.1) is 5.92 Å². The van der Waals surface area contributed by atoms with Crippen molar-refractivity contribution in [3.05, 3.63) is 81.0 Å². The molecule has 0 aliphatic carbocycles. The molecule has 0 spiro atoms. The summed E-state index contributed by atoms with van der Waals surface area (Å²) in [7, 11) is 4.29.